The molecule has 4 aromatic rings. The summed E-state index contributed by atoms with van der Waals surface area (Å²) in [6.07, 6.45) is 0.739. The van der Waals surface area contributed by atoms with Crippen LogP contribution in [0.5, 0.6) is 5.75 Å². The summed E-state index contributed by atoms with van der Waals surface area (Å²) >= 11 is 0. The molecule has 0 amide bonds. The molecule has 0 bridgehead atoms. The number of aldehydes is 1. The molecular weight excluding hydrogens is 377 g/mol. The Morgan fingerprint density at radius 2 is 1.43 bits per heavy atom. The average molecular weight is 399 g/mol. The number of rotatable bonds is 4. The number of halogens is 1. The van der Waals surface area contributed by atoms with Gasteiger partial charge in [-0.15, -0.1) is 0 Å². The van der Waals surface area contributed by atoms with Gasteiger partial charge in [-0.05, 0) is 68.3 Å². The number of hydrogen-bond donors (Lipinski definition) is 0. The van der Waals surface area contributed by atoms with Crippen molar-refractivity contribution in [3.05, 3.63) is 84.2 Å². The predicted molar refractivity (Wildman–Crippen MR) is 118 cm³/mol. The quantitative estimate of drug-likeness (QED) is 0.359. The Bertz CT molecular complexity index is 1210. The first kappa shape index (κ1) is 19.8. The number of hydrogen-bond acceptors (Lipinski definition) is 3. The average Bonchev–Trinajstić information content (AvgIpc) is 2.72. The van der Waals surface area contributed by atoms with E-state index in [9.17, 15) is 9.18 Å². The van der Waals surface area contributed by atoms with Crippen molar-refractivity contribution in [1.29, 1.82) is 0 Å². The van der Waals surface area contributed by atoms with E-state index in [4.69, 9.17) is 4.74 Å². The molecule has 0 saturated carbocycles. The molecule has 1 heterocycles. The lowest BCUT2D eigenvalue weighted by molar-refractivity contribution is 0.112. The molecule has 4 heteroatoms. The van der Waals surface area contributed by atoms with Crippen LogP contribution in [-0.2, 0) is 0 Å². The minimum absolute atomic E-state index is 0.234. The number of carbonyl (C=O) groups excluding carboxylic acids is 1. The van der Waals surface area contributed by atoms with Crippen molar-refractivity contribution in [2.24, 2.45) is 0 Å². The molecule has 0 saturated heterocycles. The Balaban J connectivity index is 1.64. The van der Waals surface area contributed by atoms with Crippen LogP contribution in [-0.4, -0.2) is 16.9 Å². The summed E-state index contributed by atoms with van der Waals surface area (Å²) in [6.45, 7) is 6.06. The van der Waals surface area contributed by atoms with Crippen molar-refractivity contribution in [2.45, 2.75) is 26.4 Å². The molecule has 0 fully saturated rings. The maximum absolute atomic E-state index is 13.5. The number of benzene rings is 3. The Morgan fingerprint density at radius 1 is 0.833 bits per heavy atom. The molecule has 150 valence electrons. The lowest BCUT2D eigenvalue weighted by Crippen LogP contribution is -2.22. The van der Waals surface area contributed by atoms with Gasteiger partial charge in [0.05, 0.1) is 11.2 Å². The van der Waals surface area contributed by atoms with E-state index in [1.54, 1.807) is 12.1 Å². The Kier molecular flexibility index (Phi) is 5.08. The molecule has 0 radical (unpaired) electrons. The maximum atomic E-state index is 13.5. The van der Waals surface area contributed by atoms with Crippen molar-refractivity contribution >= 4 is 17.2 Å². The number of carbonyl (C=O) groups is 1. The summed E-state index contributed by atoms with van der Waals surface area (Å²) in [6, 6.07) is 22.0. The summed E-state index contributed by atoms with van der Waals surface area (Å²) in [5.74, 6) is 0.449. The third-order valence-electron chi connectivity index (χ3n) is 4.72. The number of ether oxygens (including phenoxy) is 1. The molecule has 3 nitrogen and oxygen atoms in total. The van der Waals surface area contributed by atoms with Gasteiger partial charge in [-0.1, -0.05) is 36.4 Å². The van der Waals surface area contributed by atoms with Crippen LogP contribution in [0, 0.1) is 5.82 Å². The highest BCUT2D eigenvalue weighted by molar-refractivity contribution is 5.98. The molecule has 1 aromatic heterocycles. The van der Waals surface area contributed by atoms with Gasteiger partial charge in [-0.25, -0.2) is 9.37 Å². The second-order valence-electron chi connectivity index (χ2n) is 8.19. The Labute approximate surface area is 175 Å². The van der Waals surface area contributed by atoms with Gasteiger partial charge in [-0.2, -0.15) is 0 Å². The molecule has 0 N–H and O–H groups in total. The van der Waals surface area contributed by atoms with E-state index in [1.165, 1.54) is 12.1 Å². The number of aromatic nitrogens is 1. The van der Waals surface area contributed by atoms with E-state index in [0.29, 0.717) is 22.2 Å². The summed E-state index contributed by atoms with van der Waals surface area (Å²) in [5, 5.41) is 0.517. The molecule has 0 aliphatic heterocycles. The fourth-order valence-corrected chi connectivity index (χ4v) is 3.37. The Morgan fingerprint density at radius 3 is 2.03 bits per heavy atom. The molecule has 4 rings (SSSR count). The summed E-state index contributed by atoms with van der Waals surface area (Å²) in [7, 11) is 0. The van der Waals surface area contributed by atoms with Gasteiger partial charge in [0.15, 0.2) is 6.29 Å². The van der Waals surface area contributed by atoms with Crippen LogP contribution in [0.2, 0.25) is 0 Å². The van der Waals surface area contributed by atoms with Crippen LogP contribution >= 0.6 is 0 Å². The summed E-state index contributed by atoms with van der Waals surface area (Å²) in [5.41, 5.74) is 4.50. The Hall–Kier alpha value is -3.53. The van der Waals surface area contributed by atoms with E-state index in [2.05, 4.69) is 4.98 Å². The highest BCUT2D eigenvalue weighted by Gasteiger charge is 2.12. The van der Waals surface area contributed by atoms with Crippen LogP contribution < -0.4 is 4.74 Å². The molecule has 3 aromatic carbocycles. The second-order valence-corrected chi connectivity index (χ2v) is 8.19. The SMILES string of the molecule is CC(C)(C)Oc1ccc(-c2ccc(-c3cc(C=O)c4cc(F)ccc4n3)cc2)cc1. The molecule has 30 heavy (non-hydrogen) atoms. The lowest BCUT2D eigenvalue weighted by atomic mass is 10.0. The second kappa shape index (κ2) is 7.71. The third kappa shape index (κ3) is 4.23. The first-order valence-electron chi connectivity index (χ1n) is 9.78. The fraction of sp³-hybridized carbons (Fsp3) is 0.154. The molecule has 0 unspecified atom stereocenters. The largest absolute Gasteiger partial charge is 0.488 e. The van der Waals surface area contributed by atoms with Crippen LogP contribution in [0.3, 0.4) is 0 Å². The van der Waals surface area contributed by atoms with E-state index in [-0.39, 0.29) is 11.4 Å². The van der Waals surface area contributed by atoms with E-state index < -0.39 is 0 Å². The van der Waals surface area contributed by atoms with Gasteiger partial charge < -0.3 is 4.74 Å². The third-order valence-corrected chi connectivity index (χ3v) is 4.72. The molecule has 0 aliphatic rings. The first-order chi connectivity index (χ1) is 14.3. The van der Waals surface area contributed by atoms with Gasteiger partial charge >= 0.3 is 0 Å². The number of pyridine rings is 1. The van der Waals surface area contributed by atoms with Gasteiger partial charge in [0.1, 0.15) is 17.2 Å². The van der Waals surface area contributed by atoms with E-state index in [0.717, 1.165) is 28.7 Å². The predicted octanol–water partition coefficient (Wildman–Crippen LogP) is 6.70. The van der Waals surface area contributed by atoms with Crippen molar-refractivity contribution < 1.29 is 13.9 Å². The lowest BCUT2D eigenvalue weighted by Gasteiger charge is -2.21. The van der Waals surface area contributed by atoms with Crippen molar-refractivity contribution in [3.63, 3.8) is 0 Å². The van der Waals surface area contributed by atoms with Gasteiger partial charge in [0.25, 0.3) is 0 Å². The van der Waals surface area contributed by atoms with Crippen LogP contribution in [0.4, 0.5) is 4.39 Å². The molecule has 0 aliphatic carbocycles. The fourth-order valence-electron chi connectivity index (χ4n) is 3.37. The topological polar surface area (TPSA) is 39.2 Å². The standard InChI is InChI=1S/C26H22FNO2/c1-26(2,3)30-22-11-8-18(9-12-22)17-4-6-19(7-5-17)25-14-20(16-29)23-15-21(27)10-13-24(23)28-25/h4-16H,1-3H3. The van der Waals surface area contributed by atoms with Gasteiger partial charge in [-0.3, -0.25) is 4.79 Å². The first-order valence-corrected chi connectivity index (χ1v) is 9.78. The van der Waals surface area contributed by atoms with Crippen LogP contribution in [0.25, 0.3) is 33.3 Å². The molecule has 0 atom stereocenters. The summed E-state index contributed by atoms with van der Waals surface area (Å²) in [4.78, 5) is 16.1. The monoisotopic (exact) mass is 399 g/mol. The minimum atomic E-state index is -0.386. The zero-order chi connectivity index (χ0) is 21.3. The van der Waals surface area contributed by atoms with Crippen LogP contribution in [0.15, 0.2) is 72.8 Å². The molecule has 0 spiro atoms. The highest BCUT2D eigenvalue weighted by atomic mass is 19.1. The molecular formula is C26H22FNO2. The van der Waals surface area contributed by atoms with Gasteiger partial charge in [0.2, 0.25) is 0 Å². The highest BCUT2D eigenvalue weighted by Crippen LogP contribution is 2.29. The van der Waals surface area contributed by atoms with Crippen LogP contribution in [0.1, 0.15) is 31.1 Å². The number of fused-ring (bicyclic) bond motifs is 1. The van der Waals surface area contributed by atoms with E-state index in [1.807, 2.05) is 69.3 Å². The smallest absolute Gasteiger partial charge is 0.150 e. The van der Waals surface area contributed by atoms with Crippen molar-refractivity contribution in [1.82, 2.24) is 4.98 Å². The van der Waals surface area contributed by atoms with E-state index >= 15 is 0 Å². The maximum Gasteiger partial charge on any atom is 0.150 e. The normalized spacial score (nSPS) is 11.5. The zero-order valence-electron chi connectivity index (χ0n) is 17.1. The summed E-state index contributed by atoms with van der Waals surface area (Å²) < 4.78 is 19.4. The van der Waals surface area contributed by atoms with Crippen molar-refractivity contribution in [3.8, 4) is 28.1 Å². The van der Waals surface area contributed by atoms with Gasteiger partial charge in [0, 0.05) is 16.5 Å². The minimum Gasteiger partial charge on any atom is -0.488 e. The zero-order valence-corrected chi connectivity index (χ0v) is 17.1. The number of nitrogens with zero attached hydrogens (tertiary/aromatic N) is 1. The van der Waals surface area contributed by atoms with Crippen molar-refractivity contribution in [2.75, 3.05) is 0 Å².